The van der Waals surface area contributed by atoms with Crippen molar-refractivity contribution in [3.63, 3.8) is 0 Å². The molecular weight excluding hydrogens is 212 g/mol. The quantitative estimate of drug-likeness (QED) is 0.728. The number of aromatic nitrogens is 2. The number of hydrogen-bond donors (Lipinski definition) is 0. The highest BCUT2D eigenvalue weighted by atomic mass is 35.5. The lowest BCUT2D eigenvalue weighted by molar-refractivity contribution is 0.123. The third kappa shape index (κ3) is 4.04. The first kappa shape index (κ1) is 12.2. The van der Waals surface area contributed by atoms with Crippen LogP contribution in [-0.2, 0) is 0 Å². The molecule has 0 aromatic carbocycles. The highest BCUT2D eigenvalue weighted by Crippen LogP contribution is 2.21. The van der Waals surface area contributed by atoms with Gasteiger partial charge in [0.15, 0.2) is 0 Å². The Morgan fingerprint density at radius 1 is 1.27 bits per heavy atom. The molecule has 0 radical (unpaired) electrons. The Balaban J connectivity index is 2.99. The summed E-state index contributed by atoms with van der Waals surface area (Å²) in [6.45, 7) is 9.95. The van der Waals surface area contributed by atoms with Crippen LogP contribution in [0.4, 0.5) is 0 Å². The Morgan fingerprint density at radius 3 is 2.33 bits per heavy atom. The Hall–Kier alpha value is -0.830. The van der Waals surface area contributed by atoms with Crippen LogP contribution in [0.3, 0.4) is 0 Å². The number of nitrogens with zero attached hydrogens (tertiary/aromatic N) is 2. The standard InChI is InChI=1S/C11H17ClN2O/c1-7(2)10-13-8(12)6-9(14-10)15-11(3,4)5/h6-7H,1-5H3. The van der Waals surface area contributed by atoms with E-state index in [-0.39, 0.29) is 11.5 Å². The summed E-state index contributed by atoms with van der Waals surface area (Å²) in [4.78, 5) is 8.44. The molecule has 0 aliphatic carbocycles. The third-order valence-electron chi connectivity index (χ3n) is 1.62. The minimum absolute atomic E-state index is 0.242. The number of ether oxygens (including phenoxy) is 1. The molecule has 1 heterocycles. The van der Waals surface area contributed by atoms with Gasteiger partial charge >= 0.3 is 0 Å². The van der Waals surface area contributed by atoms with Gasteiger partial charge in [-0.2, -0.15) is 4.98 Å². The molecule has 0 amide bonds. The zero-order valence-corrected chi connectivity index (χ0v) is 10.6. The molecule has 84 valence electrons. The lowest BCUT2D eigenvalue weighted by Crippen LogP contribution is -2.24. The van der Waals surface area contributed by atoms with Crippen molar-refractivity contribution in [1.82, 2.24) is 9.97 Å². The molecular formula is C11H17ClN2O. The summed E-state index contributed by atoms with van der Waals surface area (Å²) in [5.74, 6) is 1.49. The maximum absolute atomic E-state index is 5.89. The van der Waals surface area contributed by atoms with E-state index in [0.29, 0.717) is 16.9 Å². The van der Waals surface area contributed by atoms with Gasteiger partial charge < -0.3 is 4.74 Å². The maximum atomic E-state index is 5.89. The van der Waals surface area contributed by atoms with E-state index in [0.717, 1.165) is 0 Å². The molecule has 0 spiro atoms. The molecule has 0 atom stereocenters. The second-order valence-electron chi connectivity index (χ2n) is 4.76. The molecule has 1 rings (SSSR count). The van der Waals surface area contributed by atoms with Crippen LogP contribution in [0.2, 0.25) is 5.15 Å². The lowest BCUT2D eigenvalue weighted by Gasteiger charge is -2.20. The third-order valence-corrected chi connectivity index (χ3v) is 1.81. The van der Waals surface area contributed by atoms with E-state index >= 15 is 0 Å². The van der Waals surface area contributed by atoms with Gasteiger partial charge in [0.2, 0.25) is 5.88 Å². The van der Waals surface area contributed by atoms with E-state index in [1.54, 1.807) is 6.07 Å². The summed E-state index contributed by atoms with van der Waals surface area (Å²) < 4.78 is 5.64. The minimum atomic E-state index is -0.272. The van der Waals surface area contributed by atoms with E-state index in [4.69, 9.17) is 16.3 Å². The van der Waals surface area contributed by atoms with Crippen molar-refractivity contribution in [3.05, 3.63) is 17.0 Å². The summed E-state index contributed by atoms with van der Waals surface area (Å²) >= 11 is 5.89. The fourth-order valence-corrected chi connectivity index (χ4v) is 1.22. The summed E-state index contributed by atoms with van der Waals surface area (Å²) in [6.07, 6.45) is 0. The van der Waals surface area contributed by atoms with Crippen molar-refractivity contribution >= 4 is 11.6 Å². The smallest absolute Gasteiger partial charge is 0.218 e. The van der Waals surface area contributed by atoms with Gasteiger partial charge in [-0.1, -0.05) is 25.4 Å². The van der Waals surface area contributed by atoms with Crippen LogP contribution < -0.4 is 4.74 Å². The van der Waals surface area contributed by atoms with Crippen LogP contribution in [0.15, 0.2) is 6.07 Å². The van der Waals surface area contributed by atoms with Crippen molar-refractivity contribution in [1.29, 1.82) is 0 Å². The number of halogens is 1. The van der Waals surface area contributed by atoms with Gasteiger partial charge in [0.1, 0.15) is 16.6 Å². The van der Waals surface area contributed by atoms with Crippen LogP contribution in [0, 0.1) is 0 Å². The summed E-state index contributed by atoms with van der Waals surface area (Å²) in [7, 11) is 0. The molecule has 0 bridgehead atoms. The fourth-order valence-electron chi connectivity index (χ4n) is 1.04. The predicted octanol–water partition coefficient (Wildman–Crippen LogP) is 3.43. The second kappa shape index (κ2) is 4.35. The molecule has 1 aromatic rings. The average molecular weight is 229 g/mol. The van der Waals surface area contributed by atoms with Crippen LogP contribution in [-0.4, -0.2) is 15.6 Å². The highest BCUT2D eigenvalue weighted by molar-refractivity contribution is 6.29. The largest absolute Gasteiger partial charge is 0.472 e. The number of rotatable bonds is 2. The van der Waals surface area contributed by atoms with Gasteiger partial charge in [-0.05, 0) is 20.8 Å². The van der Waals surface area contributed by atoms with Gasteiger partial charge in [-0.3, -0.25) is 0 Å². The normalized spacial score (nSPS) is 11.9. The first-order valence-corrected chi connectivity index (χ1v) is 5.39. The van der Waals surface area contributed by atoms with Crippen LogP contribution >= 0.6 is 11.6 Å². The van der Waals surface area contributed by atoms with Crippen molar-refractivity contribution in [2.24, 2.45) is 0 Å². The molecule has 1 aromatic heterocycles. The van der Waals surface area contributed by atoms with Gasteiger partial charge in [-0.25, -0.2) is 4.98 Å². The predicted molar refractivity (Wildman–Crippen MR) is 61.5 cm³/mol. The summed E-state index contributed by atoms with van der Waals surface area (Å²) in [5, 5.41) is 0.424. The van der Waals surface area contributed by atoms with Crippen molar-refractivity contribution in [3.8, 4) is 5.88 Å². The van der Waals surface area contributed by atoms with Crippen LogP contribution in [0.25, 0.3) is 0 Å². The van der Waals surface area contributed by atoms with Gasteiger partial charge in [-0.15, -0.1) is 0 Å². The Bertz CT molecular complexity index is 345. The highest BCUT2D eigenvalue weighted by Gasteiger charge is 2.15. The van der Waals surface area contributed by atoms with Crippen molar-refractivity contribution in [2.75, 3.05) is 0 Å². The summed E-state index contributed by atoms with van der Waals surface area (Å²) in [6, 6.07) is 1.64. The molecule has 0 aliphatic heterocycles. The zero-order valence-electron chi connectivity index (χ0n) is 9.84. The minimum Gasteiger partial charge on any atom is -0.472 e. The molecule has 0 saturated carbocycles. The molecule has 3 nitrogen and oxygen atoms in total. The van der Waals surface area contributed by atoms with E-state index in [2.05, 4.69) is 9.97 Å². The van der Waals surface area contributed by atoms with Crippen molar-refractivity contribution < 1.29 is 4.74 Å². The second-order valence-corrected chi connectivity index (χ2v) is 5.14. The molecule has 0 N–H and O–H groups in total. The van der Waals surface area contributed by atoms with E-state index in [1.807, 2.05) is 34.6 Å². The molecule has 0 unspecified atom stereocenters. The maximum Gasteiger partial charge on any atom is 0.218 e. The van der Waals surface area contributed by atoms with Crippen LogP contribution in [0.1, 0.15) is 46.4 Å². The Labute approximate surface area is 95.8 Å². The monoisotopic (exact) mass is 228 g/mol. The van der Waals surface area contributed by atoms with E-state index in [1.165, 1.54) is 0 Å². The van der Waals surface area contributed by atoms with Gasteiger partial charge in [0, 0.05) is 12.0 Å². The first-order valence-electron chi connectivity index (χ1n) is 5.01. The van der Waals surface area contributed by atoms with Gasteiger partial charge in [0.25, 0.3) is 0 Å². The molecule has 0 aliphatic rings. The lowest BCUT2D eigenvalue weighted by atomic mass is 10.2. The SMILES string of the molecule is CC(C)c1nc(Cl)cc(OC(C)(C)C)n1. The molecule has 0 saturated heterocycles. The van der Waals surface area contributed by atoms with E-state index < -0.39 is 0 Å². The first-order chi connectivity index (χ1) is 6.78. The van der Waals surface area contributed by atoms with Crippen molar-refractivity contribution in [2.45, 2.75) is 46.1 Å². The van der Waals surface area contributed by atoms with Gasteiger partial charge in [0.05, 0.1) is 0 Å². The molecule has 15 heavy (non-hydrogen) atoms. The van der Waals surface area contributed by atoms with E-state index in [9.17, 15) is 0 Å². The Kier molecular flexibility index (Phi) is 3.55. The zero-order chi connectivity index (χ0) is 11.6. The fraction of sp³-hybridized carbons (Fsp3) is 0.636. The number of hydrogen-bond acceptors (Lipinski definition) is 3. The Morgan fingerprint density at radius 2 is 1.87 bits per heavy atom. The molecule has 4 heteroatoms. The topological polar surface area (TPSA) is 35.0 Å². The molecule has 0 fully saturated rings. The average Bonchev–Trinajstić information content (AvgIpc) is 1.99. The summed E-state index contributed by atoms with van der Waals surface area (Å²) in [5.41, 5.74) is -0.272. The van der Waals surface area contributed by atoms with Crippen LogP contribution in [0.5, 0.6) is 5.88 Å².